The van der Waals surface area contributed by atoms with Gasteiger partial charge in [-0.1, -0.05) is 30.3 Å². The van der Waals surface area contributed by atoms with Crippen molar-refractivity contribution in [3.63, 3.8) is 0 Å². The van der Waals surface area contributed by atoms with Crippen LogP contribution in [0.2, 0.25) is 0 Å². The number of ether oxygens (including phenoxy) is 1. The Hall–Kier alpha value is -3.05. The molecule has 2 heterocycles. The lowest BCUT2D eigenvalue weighted by Gasteiger charge is -2.09. The number of benzene rings is 2. The van der Waals surface area contributed by atoms with E-state index in [2.05, 4.69) is 44.5 Å². The van der Waals surface area contributed by atoms with Crippen LogP contribution in [0.5, 0.6) is 5.75 Å². The molecule has 2 N–H and O–H groups in total. The summed E-state index contributed by atoms with van der Waals surface area (Å²) in [7, 11) is 1.66. The highest BCUT2D eigenvalue weighted by atomic mass is 35.5. The molecule has 0 bridgehead atoms. The Kier molecular flexibility index (Phi) is 5.62. The number of halogens is 1. The minimum Gasteiger partial charge on any atom is -0.497 e. The molecular weight excluding hydrogens is 360 g/mol. The van der Waals surface area contributed by atoms with Crippen LogP contribution < -0.4 is 10.1 Å². The number of anilines is 2. The van der Waals surface area contributed by atoms with Crippen molar-refractivity contribution < 1.29 is 4.74 Å². The van der Waals surface area contributed by atoms with E-state index < -0.39 is 0 Å². The van der Waals surface area contributed by atoms with Crippen LogP contribution >= 0.6 is 12.4 Å². The molecule has 0 aliphatic heterocycles. The molecule has 0 saturated carbocycles. The Morgan fingerprint density at radius 1 is 1.00 bits per heavy atom. The monoisotopic (exact) mass is 380 g/mol. The molecule has 0 saturated heterocycles. The number of hydrogen-bond acceptors (Lipinski definition) is 4. The minimum absolute atomic E-state index is 0. The maximum absolute atomic E-state index is 5.21. The van der Waals surface area contributed by atoms with Crippen LogP contribution in [0.25, 0.3) is 11.0 Å². The number of aromatic amines is 1. The molecule has 0 unspecified atom stereocenters. The normalized spacial score (nSPS) is 10.4. The number of nitrogens with one attached hydrogen (secondary N) is 2. The molecule has 0 atom stereocenters. The van der Waals surface area contributed by atoms with E-state index >= 15 is 0 Å². The number of rotatable bonds is 5. The average molecular weight is 381 g/mol. The molecule has 0 radical (unpaired) electrons. The molecule has 0 fully saturated rings. The summed E-state index contributed by atoms with van der Waals surface area (Å²) in [5.74, 6) is 2.34. The van der Waals surface area contributed by atoms with Crippen molar-refractivity contribution >= 4 is 34.9 Å². The van der Waals surface area contributed by atoms with Gasteiger partial charge in [-0.15, -0.1) is 12.4 Å². The number of aryl methyl sites for hydroxylation is 1. The zero-order valence-electron chi connectivity index (χ0n) is 15.2. The molecule has 0 aliphatic carbocycles. The number of aromatic nitrogens is 3. The van der Waals surface area contributed by atoms with Crippen molar-refractivity contribution in [1.29, 1.82) is 0 Å². The molecule has 27 heavy (non-hydrogen) atoms. The fraction of sp³-hybridized carbons (Fsp3) is 0.143. The highest BCUT2D eigenvalue weighted by Crippen LogP contribution is 2.27. The van der Waals surface area contributed by atoms with Gasteiger partial charge in [0.2, 0.25) is 0 Å². The van der Waals surface area contributed by atoms with Gasteiger partial charge in [0.15, 0.2) is 5.82 Å². The molecule has 4 rings (SSSR count). The number of H-pyrrole nitrogens is 1. The SMILES string of the molecule is COc1ccc(Nc2nc(C)nc3c(Cc4ccccc4)c[nH]c23)cc1.Cl. The number of fused-ring (bicyclic) bond motifs is 1. The van der Waals surface area contributed by atoms with E-state index in [-0.39, 0.29) is 12.4 Å². The summed E-state index contributed by atoms with van der Waals surface area (Å²) in [5, 5.41) is 3.38. The Morgan fingerprint density at radius 2 is 1.74 bits per heavy atom. The standard InChI is InChI=1S/C21H20N4O.ClH/c1-14-23-19-16(12-15-6-4-3-5-7-15)13-22-20(19)21(24-14)25-17-8-10-18(26-2)11-9-17;/h3-11,13,22H,12H2,1-2H3,(H,23,24,25);1H. The minimum atomic E-state index is 0. The first-order valence-electron chi connectivity index (χ1n) is 8.52. The van der Waals surface area contributed by atoms with Crippen LogP contribution in [0.3, 0.4) is 0 Å². The average Bonchev–Trinajstić information content (AvgIpc) is 3.06. The van der Waals surface area contributed by atoms with Gasteiger partial charge in [0.1, 0.15) is 17.1 Å². The van der Waals surface area contributed by atoms with Crippen LogP contribution in [0.1, 0.15) is 17.0 Å². The zero-order chi connectivity index (χ0) is 17.9. The summed E-state index contributed by atoms with van der Waals surface area (Å²) in [6.07, 6.45) is 2.85. The molecule has 0 spiro atoms. The second-order valence-electron chi connectivity index (χ2n) is 6.17. The van der Waals surface area contributed by atoms with E-state index in [4.69, 9.17) is 4.74 Å². The maximum atomic E-state index is 5.21. The Bertz CT molecular complexity index is 1030. The van der Waals surface area contributed by atoms with E-state index in [1.54, 1.807) is 7.11 Å². The first-order chi connectivity index (χ1) is 12.7. The van der Waals surface area contributed by atoms with E-state index in [9.17, 15) is 0 Å². The van der Waals surface area contributed by atoms with Gasteiger partial charge in [-0.25, -0.2) is 9.97 Å². The van der Waals surface area contributed by atoms with Crippen molar-refractivity contribution in [2.45, 2.75) is 13.3 Å². The highest BCUT2D eigenvalue weighted by molar-refractivity contribution is 5.90. The lowest BCUT2D eigenvalue weighted by atomic mass is 10.1. The molecule has 0 amide bonds. The zero-order valence-corrected chi connectivity index (χ0v) is 16.0. The van der Waals surface area contributed by atoms with Gasteiger partial charge >= 0.3 is 0 Å². The Labute approximate surface area is 164 Å². The summed E-state index contributed by atoms with van der Waals surface area (Å²) in [5.41, 5.74) is 5.24. The molecule has 2 aromatic heterocycles. The van der Waals surface area contributed by atoms with Gasteiger partial charge in [-0.3, -0.25) is 0 Å². The van der Waals surface area contributed by atoms with Gasteiger partial charge in [0, 0.05) is 23.9 Å². The third-order valence-electron chi connectivity index (χ3n) is 4.31. The van der Waals surface area contributed by atoms with Crippen LogP contribution in [0.4, 0.5) is 11.5 Å². The van der Waals surface area contributed by atoms with E-state index in [0.717, 1.165) is 46.1 Å². The second kappa shape index (κ2) is 8.10. The third-order valence-corrected chi connectivity index (χ3v) is 4.31. The number of methoxy groups -OCH3 is 1. The van der Waals surface area contributed by atoms with Crippen molar-refractivity contribution in [3.8, 4) is 5.75 Å². The van der Waals surface area contributed by atoms with E-state index in [0.29, 0.717) is 0 Å². The second-order valence-corrected chi connectivity index (χ2v) is 6.17. The lowest BCUT2D eigenvalue weighted by molar-refractivity contribution is 0.415. The lowest BCUT2D eigenvalue weighted by Crippen LogP contribution is -1.99. The van der Waals surface area contributed by atoms with Crippen LogP contribution in [-0.4, -0.2) is 22.1 Å². The first-order valence-corrected chi connectivity index (χ1v) is 8.52. The van der Waals surface area contributed by atoms with Gasteiger partial charge in [0.05, 0.1) is 12.6 Å². The Morgan fingerprint density at radius 3 is 2.44 bits per heavy atom. The van der Waals surface area contributed by atoms with Gasteiger partial charge in [-0.2, -0.15) is 0 Å². The summed E-state index contributed by atoms with van der Waals surface area (Å²) >= 11 is 0. The molecule has 2 aromatic carbocycles. The van der Waals surface area contributed by atoms with Crippen LogP contribution in [-0.2, 0) is 6.42 Å². The van der Waals surface area contributed by atoms with Crippen molar-refractivity contribution in [2.75, 3.05) is 12.4 Å². The van der Waals surface area contributed by atoms with Crippen LogP contribution in [0, 0.1) is 6.92 Å². The first kappa shape index (κ1) is 18.7. The fourth-order valence-electron chi connectivity index (χ4n) is 3.02. The Balaban J connectivity index is 0.00000210. The summed E-state index contributed by atoms with van der Waals surface area (Å²) in [6.45, 7) is 1.91. The highest BCUT2D eigenvalue weighted by Gasteiger charge is 2.12. The largest absolute Gasteiger partial charge is 0.497 e. The van der Waals surface area contributed by atoms with Gasteiger partial charge < -0.3 is 15.0 Å². The predicted molar refractivity (Wildman–Crippen MR) is 111 cm³/mol. The third kappa shape index (κ3) is 4.04. The van der Waals surface area contributed by atoms with Crippen molar-refractivity contribution in [2.24, 2.45) is 0 Å². The summed E-state index contributed by atoms with van der Waals surface area (Å²) < 4.78 is 5.21. The fourth-order valence-corrected chi connectivity index (χ4v) is 3.02. The van der Waals surface area contributed by atoms with Crippen molar-refractivity contribution in [3.05, 3.63) is 77.7 Å². The number of nitrogens with zero attached hydrogens (tertiary/aromatic N) is 2. The van der Waals surface area contributed by atoms with Crippen LogP contribution in [0.15, 0.2) is 60.8 Å². The summed E-state index contributed by atoms with van der Waals surface area (Å²) in [6, 6.07) is 18.2. The summed E-state index contributed by atoms with van der Waals surface area (Å²) in [4.78, 5) is 12.6. The number of hydrogen-bond donors (Lipinski definition) is 2. The molecule has 4 aromatic rings. The smallest absolute Gasteiger partial charge is 0.158 e. The molecule has 5 nitrogen and oxygen atoms in total. The van der Waals surface area contributed by atoms with Gasteiger partial charge in [0.25, 0.3) is 0 Å². The maximum Gasteiger partial charge on any atom is 0.158 e. The van der Waals surface area contributed by atoms with E-state index in [1.165, 1.54) is 5.56 Å². The van der Waals surface area contributed by atoms with Crippen molar-refractivity contribution in [1.82, 2.24) is 15.0 Å². The molecule has 6 heteroatoms. The van der Waals surface area contributed by atoms with E-state index in [1.807, 2.05) is 43.5 Å². The quantitative estimate of drug-likeness (QED) is 0.509. The predicted octanol–water partition coefficient (Wildman–Crippen LogP) is 5.03. The topological polar surface area (TPSA) is 62.8 Å². The molecule has 138 valence electrons. The molecular formula is C21H21ClN4O. The van der Waals surface area contributed by atoms with Gasteiger partial charge in [-0.05, 0) is 36.8 Å². The molecule has 0 aliphatic rings.